The molecule has 6 nitrogen and oxygen atoms in total. The van der Waals surface area contributed by atoms with Crippen LogP contribution in [0.4, 0.5) is 5.69 Å². The quantitative estimate of drug-likeness (QED) is 0.636. The molecule has 0 spiro atoms. The van der Waals surface area contributed by atoms with E-state index >= 15 is 0 Å². The molecule has 0 amide bonds. The van der Waals surface area contributed by atoms with Gasteiger partial charge in [0.1, 0.15) is 12.4 Å². The molecule has 0 N–H and O–H groups in total. The number of nitro groups is 1. The molecule has 1 aliphatic heterocycles. The van der Waals surface area contributed by atoms with Gasteiger partial charge in [-0.05, 0) is 24.0 Å². The molecule has 0 saturated heterocycles. The number of rotatable bonds is 4. The topological polar surface area (TPSA) is 64.2 Å². The summed E-state index contributed by atoms with van der Waals surface area (Å²) >= 11 is 0. The third-order valence-corrected chi connectivity index (χ3v) is 3.99. The van der Waals surface area contributed by atoms with Gasteiger partial charge in [-0.25, -0.2) is 0 Å². The van der Waals surface area contributed by atoms with Gasteiger partial charge >= 0.3 is 5.69 Å². The lowest BCUT2D eigenvalue weighted by Gasteiger charge is -2.19. The molecule has 1 aliphatic rings. The van der Waals surface area contributed by atoms with Gasteiger partial charge in [0.05, 0.1) is 11.5 Å². The summed E-state index contributed by atoms with van der Waals surface area (Å²) < 4.78 is 1.65. The average Bonchev–Trinajstić information content (AvgIpc) is 2.87. The Labute approximate surface area is 123 Å². The van der Waals surface area contributed by atoms with Crippen molar-refractivity contribution in [2.75, 3.05) is 19.6 Å². The highest BCUT2D eigenvalue weighted by atomic mass is 16.6. The normalized spacial score (nSPS) is 15.4. The predicted molar refractivity (Wildman–Crippen MR) is 79.2 cm³/mol. The van der Waals surface area contributed by atoms with Crippen molar-refractivity contribution in [1.29, 1.82) is 0 Å². The summed E-state index contributed by atoms with van der Waals surface area (Å²) in [7, 11) is 0. The first-order chi connectivity index (χ1) is 10.2. The van der Waals surface area contributed by atoms with Gasteiger partial charge in [-0.3, -0.25) is 14.8 Å². The second-order valence-corrected chi connectivity index (χ2v) is 5.33. The summed E-state index contributed by atoms with van der Waals surface area (Å²) in [5.41, 5.74) is 2.93. The minimum absolute atomic E-state index is 0.0540. The highest BCUT2D eigenvalue weighted by Gasteiger charge is 2.14. The fourth-order valence-corrected chi connectivity index (χ4v) is 2.75. The first-order valence-corrected chi connectivity index (χ1v) is 7.18. The van der Waals surface area contributed by atoms with E-state index in [0.29, 0.717) is 6.54 Å². The Morgan fingerprint density at radius 2 is 1.81 bits per heavy atom. The van der Waals surface area contributed by atoms with Crippen LogP contribution in [0.3, 0.4) is 0 Å². The monoisotopic (exact) mass is 286 g/mol. The van der Waals surface area contributed by atoms with Gasteiger partial charge in [0, 0.05) is 19.6 Å². The predicted octanol–water partition coefficient (Wildman–Crippen LogP) is 1.89. The van der Waals surface area contributed by atoms with Crippen LogP contribution in [0.2, 0.25) is 0 Å². The number of fused-ring (bicyclic) bond motifs is 1. The van der Waals surface area contributed by atoms with E-state index in [-0.39, 0.29) is 5.69 Å². The number of benzene rings is 1. The second kappa shape index (κ2) is 6.05. The molecule has 0 aliphatic carbocycles. The Bertz CT molecular complexity index is 611. The third kappa shape index (κ3) is 3.28. The Hall–Kier alpha value is -2.21. The van der Waals surface area contributed by atoms with Crippen molar-refractivity contribution in [2.24, 2.45) is 0 Å². The smallest absolute Gasteiger partial charge is 0.301 e. The van der Waals surface area contributed by atoms with Gasteiger partial charge in [-0.1, -0.05) is 24.3 Å². The summed E-state index contributed by atoms with van der Waals surface area (Å²) in [4.78, 5) is 12.6. The molecule has 1 aromatic carbocycles. The molecule has 21 heavy (non-hydrogen) atoms. The van der Waals surface area contributed by atoms with E-state index in [2.05, 4.69) is 34.3 Å². The maximum atomic E-state index is 10.6. The molecule has 1 aromatic heterocycles. The Morgan fingerprint density at radius 3 is 2.38 bits per heavy atom. The van der Waals surface area contributed by atoms with Crippen LogP contribution < -0.4 is 0 Å². The maximum absolute atomic E-state index is 10.6. The van der Waals surface area contributed by atoms with Crippen LogP contribution in [0, 0.1) is 10.1 Å². The summed E-state index contributed by atoms with van der Waals surface area (Å²) in [6, 6.07) is 8.60. The van der Waals surface area contributed by atoms with E-state index in [1.807, 2.05) is 0 Å². The fraction of sp³-hybridized carbons (Fsp3) is 0.400. The highest BCUT2D eigenvalue weighted by Crippen LogP contribution is 2.15. The zero-order valence-electron chi connectivity index (χ0n) is 11.8. The van der Waals surface area contributed by atoms with Crippen molar-refractivity contribution < 1.29 is 4.92 Å². The van der Waals surface area contributed by atoms with E-state index in [0.717, 1.165) is 32.5 Å². The fourth-order valence-electron chi connectivity index (χ4n) is 2.75. The van der Waals surface area contributed by atoms with Gasteiger partial charge in [0.25, 0.3) is 0 Å². The Balaban J connectivity index is 1.56. The second-order valence-electron chi connectivity index (χ2n) is 5.33. The largest absolute Gasteiger partial charge is 0.306 e. The van der Waals surface area contributed by atoms with E-state index in [1.54, 1.807) is 4.68 Å². The molecule has 0 saturated carbocycles. The summed E-state index contributed by atoms with van der Waals surface area (Å²) in [6.45, 7) is 3.61. The van der Waals surface area contributed by atoms with E-state index in [9.17, 15) is 10.1 Å². The first-order valence-electron chi connectivity index (χ1n) is 7.18. The molecule has 6 heteroatoms. The van der Waals surface area contributed by atoms with Crippen molar-refractivity contribution in [3.63, 3.8) is 0 Å². The van der Waals surface area contributed by atoms with E-state index in [1.165, 1.54) is 23.5 Å². The standard InChI is InChI=1S/C15H18N4O2/c20-19(21)15-11-16-18(12-15)10-9-17-7-5-13-3-1-2-4-14(13)6-8-17/h1-4,11-12H,5-10H2. The molecule has 110 valence electrons. The number of nitrogens with zero attached hydrogens (tertiary/aromatic N) is 4. The third-order valence-electron chi connectivity index (χ3n) is 3.99. The Kier molecular flexibility index (Phi) is 3.96. The molecule has 0 radical (unpaired) electrons. The van der Waals surface area contributed by atoms with Gasteiger partial charge in [0.2, 0.25) is 0 Å². The lowest BCUT2D eigenvalue weighted by atomic mass is 10.0. The van der Waals surface area contributed by atoms with Crippen LogP contribution in [0.15, 0.2) is 36.7 Å². The molecule has 0 atom stereocenters. The van der Waals surface area contributed by atoms with Gasteiger partial charge in [0.15, 0.2) is 0 Å². The van der Waals surface area contributed by atoms with Crippen LogP contribution in [0.1, 0.15) is 11.1 Å². The van der Waals surface area contributed by atoms with Crippen molar-refractivity contribution in [3.05, 3.63) is 57.9 Å². The molecule has 2 heterocycles. The van der Waals surface area contributed by atoms with Crippen LogP contribution >= 0.6 is 0 Å². The van der Waals surface area contributed by atoms with Gasteiger partial charge in [-0.15, -0.1) is 0 Å². The first kappa shape index (κ1) is 13.8. The maximum Gasteiger partial charge on any atom is 0.306 e. The van der Waals surface area contributed by atoms with Crippen LogP contribution in [-0.2, 0) is 19.4 Å². The highest BCUT2D eigenvalue weighted by molar-refractivity contribution is 5.28. The molecular formula is C15H18N4O2. The summed E-state index contributed by atoms with van der Waals surface area (Å²) in [5, 5.41) is 14.7. The lowest BCUT2D eigenvalue weighted by molar-refractivity contribution is -0.385. The minimum atomic E-state index is -0.411. The van der Waals surface area contributed by atoms with Crippen molar-refractivity contribution >= 4 is 5.69 Å². The number of aromatic nitrogens is 2. The molecule has 0 bridgehead atoms. The zero-order valence-corrected chi connectivity index (χ0v) is 11.8. The van der Waals surface area contributed by atoms with Crippen molar-refractivity contribution in [1.82, 2.24) is 14.7 Å². The average molecular weight is 286 g/mol. The molecule has 3 rings (SSSR count). The SMILES string of the molecule is O=[N+]([O-])c1cnn(CCN2CCc3ccccc3CC2)c1. The van der Waals surface area contributed by atoms with Crippen LogP contribution in [0.25, 0.3) is 0 Å². The number of hydrogen-bond acceptors (Lipinski definition) is 4. The van der Waals surface area contributed by atoms with Crippen LogP contribution in [-0.4, -0.2) is 39.2 Å². The lowest BCUT2D eigenvalue weighted by Crippen LogP contribution is -2.30. The molecule has 2 aromatic rings. The Morgan fingerprint density at radius 1 is 1.14 bits per heavy atom. The van der Waals surface area contributed by atoms with Gasteiger partial charge < -0.3 is 4.90 Å². The molecule has 0 fully saturated rings. The van der Waals surface area contributed by atoms with Crippen molar-refractivity contribution in [2.45, 2.75) is 19.4 Å². The number of hydrogen-bond donors (Lipinski definition) is 0. The zero-order chi connectivity index (χ0) is 14.7. The van der Waals surface area contributed by atoms with Crippen molar-refractivity contribution in [3.8, 4) is 0 Å². The van der Waals surface area contributed by atoms with E-state index in [4.69, 9.17) is 0 Å². The van der Waals surface area contributed by atoms with E-state index < -0.39 is 4.92 Å². The molecule has 0 unspecified atom stereocenters. The molecular weight excluding hydrogens is 268 g/mol. The minimum Gasteiger partial charge on any atom is -0.301 e. The van der Waals surface area contributed by atoms with Gasteiger partial charge in [-0.2, -0.15) is 5.10 Å². The summed E-state index contributed by atoms with van der Waals surface area (Å²) in [5.74, 6) is 0. The van der Waals surface area contributed by atoms with Crippen LogP contribution in [0.5, 0.6) is 0 Å². The summed E-state index contributed by atoms with van der Waals surface area (Å²) in [6.07, 6.45) is 4.93.